The van der Waals surface area contributed by atoms with Crippen LogP contribution >= 0.6 is 0 Å². The fourth-order valence-electron chi connectivity index (χ4n) is 5.51. The Bertz CT molecular complexity index is 1390. The van der Waals surface area contributed by atoms with Crippen molar-refractivity contribution in [1.29, 1.82) is 0 Å². The molecule has 0 aliphatic carbocycles. The van der Waals surface area contributed by atoms with Gasteiger partial charge in [0.1, 0.15) is 11.5 Å². The number of esters is 1. The Kier molecular flexibility index (Phi) is 8.17. The number of benzene rings is 5. The van der Waals surface area contributed by atoms with Gasteiger partial charge in [0, 0.05) is 5.92 Å². The summed E-state index contributed by atoms with van der Waals surface area (Å²) in [6.07, 6.45) is 0. The molecule has 198 valence electrons. The van der Waals surface area contributed by atoms with Crippen LogP contribution in [-0.2, 0) is 19.7 Å². The summed E-state index contributed by atoms with van der Waals surface area (Å²) in [5.74, 6) is -1.31. The van der Waals surface area contributed by atoms with Crippen LogP contribution in [0.15, 0.2) is 152 Å². The van der Waals surface area contributed by atoms with Crippen molar-refractivity contribution < 1.29 is 14.3 Å². The van der Waals surface area contributed by atoms with Crippen molar-refractivity contribution in [3.8, 4) is 0 Å². The second-order valence-electron chi connectivity index (χ2n) is 9.62. The van der Waals surface area contributed by atoms with E-state index < -0.39 is 23.3 Å². The molecule has 0 aliphatic rings. The summed E-state index contributed by atoms with van der Waals surface area (Å²) >= 11 is 0. The van der Waals surface area contributed by atoms with E-state index in [1.54, 1.807) is 0 Å². The molecule has 0 aliphatic heterocycles. The molecule has 5 rings (SSSR count). The third kappa shape index (κ3) is 5.16. The maximum atomic E-state index is 14.9. The van der Waals surface area contributed by atoms with Crippen LogP contribution < -0.4 is 5.32 Å². The van der Waals surface area contributed by atoms with Crippen LogP contribution in [0.4, 0.5) is 0 Å². The SMILES string of the molecule is COC(=O)[C@@H](NC(=O)C(c1ccccc1)(c1ccccc1)c1ccccc1)C(c1ccccc1)c1ccccc1. The van der Waals surface area contributed by atoms with Crippen LogP contribution in [0.1, 0.15) is 33.7 Å². The lowest BCUT2D eigenvalue weighted by Crippen LogP contribution is -2.54. The lowest BCUT2D eigenvalue weighted by atomic mass is 9.68. The van der Waals surface area contributed by atoms with Crippen LogP contribution in [0.3, 0.4) is 0 Å². The maximum Gasteiger partial charge on any atom is 0.329 e. The van der Waals surface area contributed by atoms with E-state index in [1.807, 2.05) is 152 Å². The summed E-state index contributed by atoms with van der Waals surface area (Å²) in [6.45, 7) is 0. The van der Waals surface area contributed by atoms with Gasteiger partial charge in [0.05, 0.1) is 7.11 Å². The first kappa shape index (κ1) is 26.6. The molecule has 1 amide bonds. The summed E-state index contributed by atoms with van der Waals surface area (Å²) < 4.78 is 5.31. The van der Waals surface area contributed by atoms with E-state index in [0.717, 1.165) is 27.8 Å². The highest BCUT2D eigenvalue weighted by Crippen LogP contribution is 2.40. The zero-order valence-corrected chi connectivity index (χ0v) is 22.3. The number of methoxy groups -OCH3 is 1. The molecule has 0 unspecified atom stereocenters. The number of nitrogens with one attached hydrogen (secondary N) is 1. The number of hydrogen-bond acceptors (Lipinski definition) is 3. The minimum Gasteiger partial charge on any atom is -0.467 e. The molecule has 0 fully saturated rings. The van der Waals surface area contributed by atoms with Gasteiger partial charge in [-0.3, -0.25) is 4.79 Å². The average molecular weight is 526 g/mol. The van der Waals surface area contributed by atoms with Gasteiger partial charge in [-0.2, -0.15) is 0 Å². The topological polar surface area (TPSA) is 55.4 Å². The van der Waals surface area contributed by atoms with Crippen molar-refractivity contribution in [1.82, 2.24) is 5.32 Å². The van der Waals surface area contributed by atoms with E-state index in [0.29, 0.717) is 0 Å². The highest BCUT2D eigenvalue weighted by molar-refractivity contribution is 5.98. The van der Waals surface area contributed by atoms with Crippen molar-refractivity contribution in [2.45, 2.75) is 17.4 Å². The van der Waals surface area contributed by atoms with Crippen molar-refractivity contribution in [3.05, 3.63) is 179 Å². The predicted octanol–water partition coefficient (Wildman–Crippen LogP) is 6.51. The van der Waals surface area contributed by atoms with Crippen LogP contribution in [0.2, 0.25) is 0 Å². The van der Waals surface area contributed by atoms with Gasteiger partial charge in [0.15, 0.2) is 0 Å². The third-order valence-electron chi connectivity index (χ3n) is 7.35. The first-order valence-electron chi connectivity index (χ1n) is 13.3. The number of rotatable bonds is 9. The number of amides is 1. The second-order valence-corrected chi connectivity index (χ2v) is 9.62. The van der Waals surface area contributed by atoms with E-state index in [4.69, 9.17) is 4.74 Å². The Labute approximate surface area is 235 Å². The van der Waals surface area contributed by atoms with Crippen LogP contribution in [0.5, 0.6) is 0 Å². The summed E-state index contributed by atoms with van der Waals surface area (Å²) in [6, 6.07) is 47.6. The highest BCUT2D eigenvalue weighted by Gasteiger charge is 2.46. The Morgan fingerprint density at radius 1 is 0.550 bits per heavy atom. The van der Waals surface area contributed by atoms with Crippen LogP contribution in [0.25, 0.3) is 0 Å². The molecule has 1 N–H and O–H groups in total. The smallest absolute Gasteiger partial charge is 0.329 e. The standard InChI is InChI=1S/C36H31NO3/c1-40-34(38)33(32(27-17-7-2-8-18-27)28-19-9-3-10-20-28)37-35(39)36(29-21-11-4-12-22-29,30-23-13-5-14-24-30)31-25-15-6-16-26-31/h2-26,32-33H,1H3,(H,37,39)/t33-/m0/s1. The molecule has 4 heteroatoms. The summed E-state index contributed by atoms with van der Waals surface area (Å²) in [7, 11) is 1.35. The lowest BCUT2D eigenvalue weighted by molar-refractivity contribution is -0.145. The molecule has 5 aromatic rings. The molecule has 0 bridgehead atoms. The maximum absolute atomic E-state index is 14.9. The molecule has 0 spiro atoms. The summed E-state index contributed by atoms with van der Waals surface area (Å²) in [5, 5.41) is 3.19. The fourth-order valence-corrected chi connectivity index (χ4v) is 5.51. The largest absolute Gasteiger partial charge is 0.467 e. The molecule has 1 atom stereocenters. The van der Waals surface area contributed by atoms with Gasteiger partial charge < -0.3 is 10.1 Å². The molecule has 4 nitrogen and oxygen atoms in total. The van der Waals surface area contributed by atoms with Crippen molar-refractivity contribution in [3.63, 3.8) is 0 Å². The average Bonchev–Trinajstić information content (AvgIpc) is 3.03. The van der Waals surface area contributed by atoms with E-state index in [9.17, 15) is 9.59 Å². The van der Waals surface area contributed by atoms with Crippen LogP contribution in [0, 0.1) is 0 Å². The van der Waals surface area contributed by atoms with E-state index in [2.05, 4.69) is 5.32 Å². The number of carbonyl (C=O) groups excluding carboxylic acids is 2. The van der Waals surface area contributed by atoms with Crippen molar-refractivity contribution in [2.24, 2.45) is 0 Å². The Balaban J connectivity index is 1.71. The Hall–Kier alpha value is -4.96. The predicted molar refractivity (Wildman–Crippen MR) is 158 cm³/mol. The minimum atomic E-state index is -1.23. The zero-order chi connectivity index (χ0) is 27.8. The first-order valence-corrected chi connectivity index (χ1v) is 13.3. The minimum absolute atomic E-state index is 0.316. The van der Waals surface area contributed by atoms with Crippen LogP contribution in [-0.4, -0.2) is 25.0 Å². The van der Waals surface area contributed by atoms with Gasteiger partial charge in [0.2, 0.25) is 5.91 Å². The molecule has 0 saturated carbocycles. The Morgan fingerprint density at radius 3 is 1.20 bits per heavy atom. The normalized spacial score (nSPS) is 11.9. The molecule has 40 heavy (non-hydrogen) atoms. The molecule has 0 saturated heterocycles. The van der Waals surface area contributed by atoms with Gasteiger partial charge >= 0.3 is 5.97 Å². The van der Waals surface area contributed by atoms with Gasteiger partial charge in [-0.25, -0.2) is 4.79 Å². The molecular weight excluding hydrogens is 494 g/mol. The second kappa shape index (κ2) is 12.3. The van der Waals surface area contributed by atoms with Crippen molar-refractivity contribution in [2.75, 3.05) is 7.11 Å². The Morgan fingerprint density at radius 2 is 0.875 bits per heavy atom. The van der Waals surface area contributed by atoms with E-state index >= 15 is 0 Å². The number of ether oxygens (including phenoxy) is 1. The van der Waals surface area contributed by atoms with E-state index in [-0.39, 0.29) is 5.91 Å². The monoisotopic (exact) mass is 525 g/mol. The van der Waals surface area contributed by atoms with Gasteiger partial charge in [-0.15, -0.1) is 0 Å². The van der Waals surface area contributed by atoms with Gasteiger partial charge in [-0.05, 0) is 27.8 Å². The number of hydrogen-bond donors (Lipinski definition) is 1. The zero-order valence-electron chi connectivity index (χ0n) is 22.3. The highest BCUT2D eigenvalue weighted by atomic mass is 16.5. The summed E-state index contributed by atoms with van der Waals surface area (Å²) in [4.78, 5) is 28.5. The molecular formula is C36H31NO3. The lowest BCUT2D eigenvalue weighted by Gasteiger charge is -2.37. The molecule has 0 radical (unpaired) electrons. The first-order chi connectivity index (χ1) is 19.7. The molecule has 0 aromatic heterocycles. The van der Waals surface area contributed by atoms with Crippen molar-refractivity contribution >= 4 is 11.9 Å². The third-order valence-corrected chi connectivity index (χ3v) is 7.35. The molecule has 5 aromatic carbocycles. The summed E-state index contributed by atoms with van der Waals surface area (Å²) in [5.41, 5.74) is 2.95. The fraction of sp³-hybridized carbons (Fsp3) is 0.111. The van der Waals surface area contributed by atoms with Gasteiger partial charge in [0.25, 0.3) is 0 Å². The quantitative estimate of drug-likeness (QED) is 0.176. The number of carbonyl (C=O) groups is 2. The molecule has 0 heterocycles. The van der Waals surface area contributed by atoms with E-state index in [1.165, 1.54) is 7.11 Å². The van der Waals surface area contributed by atoms with Gasteiger partial charge in [-0.1, -0.05) is 152 Å².